The van der Waals surface area contributed by atoms with Crippen LogP contribution in [0.4, 0.5) is 0 Å². The summed E-state index contributed by atoms with van der Waals surface area (Å²) in [6.07, 6.45) is 0. The van der Waals surface area contributed by atoms with E-state index >= 15 is 0 Å². The first-order chi connectivity index (χ1) is 25.3. The van der Waals surface area contributed by atoms with Gasteiger partial charge in [-0.15, -0.1) is 0 Å². The van der Waals surface area contributed by atoms with Crippen molar-refractivity contribution in [3.05, 3.63) is 152 Å². The van der Waals surface area contributed by atoms with Crippen LogP contribution in [0.2, 0.25) is 0 Å². The molecular weight excluding hydrogens is 627 g/mol. The number of benzene rings is 7. The monoisotopic (exact) mass is 651 g/mol. The number of hydrogen-bond donors (Lipinski definition) is 0. The van der Waals surface area contributed by atoms with Gasteiger partial charge in [-0.3, -0.25) is 0 Å². The molecule has 0 aliphatic carbocycles. The van der Waals surface area contributed by atoms with Crippen LogP contribution in [0.3, 0.4) is 0 Å². The molecule has 0 N–H and O–H groups in total. The molecule has 0 aliphatic rings. The Morgan fingerprint density at radius 2 is 0.941 bits per heavy atom. The fourth-order valence-corrected chi connectivity index (χ4v) is 8.40. The van der Waals surface area contributed by atoms with E-state index in [9.17, 15) is 0 Å². The molecule has 5 heterocycles. The van der Waals surface area contributed by atoms with E-state index in [2.05, 4.69) is 124 Å². The smallest absolute Gasteiger partial charge is 0.164 e. The van der Waals surface area contributed by atoms with Gasteiger partial charge >= 0.3 is 0 Å². The molecule has 0 radical (unpaired) electrons. The van der Waals surface area contributed by atoms with Crippen molar-refractivity contribution in [2.45, 2.75) is 0 Å². The Labute approximate surface area is 289 Å². The molecule has 12 rings (SSSR count). The van der Waals surface area contributed by atoms with Gasteiger partial charge < -0.3 is 13.2 Å². The topological polar surface area (TPSA) is 60.6 Å². The molecule has 0 bridgehead atoms. The minimum Gasteiger partial charge on any atom is -0.456 e. The van der Waals surface area contributed by atoms with Crippen LogP contribution in [0, 0.1) is 0 Å². The van der Waals surface area contributed by atoms with Crippen molar-refractivity contribution < 1.29 is 4.42 Å². The molecule has 5 aromatic heterocycles. The van der Waals surface area contributed by atoms with Crippen LogP contribution in [0.5, 0.6) is 0 Å². The van der Waals surface area contributed by atoms with Gasteiger partial charge in [0.1, 0.15) is 11.2 Å². The first-order valence-corrected chi connectivity index (χ1v) is 17.1. The third-order valence-electron chi connectivity index (χ3n) is 10.5. The zero-order chi connectivity index (χ0) is 33.2. The molecule has 0 fully saturated rings. The average Bonchev–Trinajstić information content (AvgIpc) is 3.86. The standard InChI is InChI=1S/C45H25N5O/c1-3-12-26(13-4-1)43-46-44(27-14-5-2-6-15-27)48-45(47-43)31-22-24-35-42-38(31)30-17-8-10-19-33(30)49(42)34-20-11-21-36-39(34)40-37(51-36)25-23-29-28-16-7-9-18-32(28)50(35)41(29)40/h1-25H. The van der Waals surface area contributed by atoms with Crippen molar-refractivity contribution in [2.24, 2.45) is 0 Å². The van der Waals surface area contributed by atoms with Gasteiger partial charge in [0.2, 0.25) is 0 Å². The van der Waals surface area contributed by atoms with Gasteiger partial charge in [-0.2, -0.15) is 0 Å². The third kappa shape index (κ3) is 3.52. The quantitative estimate of drug-likeness (QED) is 0.191. The predicted molar refractivity (Wildman–Crippen MR) is 207 cm³/mol. The minimum atomic E-state index is 0.631. The zero-order valence-electron chi connectivity index (χ0n) is 27.1. The fourth-order valence-electron chi connectivity index (χ4n) is 8.40. The Kier molecular flexibility index (Phi) is 5.14. The Morgan fingerprint density at radius 3 is 1.69 bits per heavy atom. The highest BCUT2D eigenvalue weighted by atomic mass is 16.3. The number of hydrogen-bond acceptors (Lipinski definition) is 4. The Morgan fingerprint density at radius 1 is 0.353 bits per heavy atom. The van der Waals surface area contributed by atoms with Crippen LogP contribution in [-0.2, 0) is 0 Å². The number of fused-ring (bicyclic) bond motifs is 8. The minimum absolute atomic E-state index is 0.631. The lowest BCUT2D eigenvalue weighted by Gasteiger charge is -2.12. The molecule has 12 aromatic rings. The normalized spacial score (nSPS) is 12.3. The first-order valence-electron chi connectivity index (χ1n) is 17.1. The molecule has 0 saturated heterocycles. The second-order valence-corrected chi connectivity index (χ2v) is 13.2. The number of nitrogens with zero attached hydrogens (tertiary/aromatic N) is 5. The summed E-state index contributed by atoms with van der Waals surface area (Å²) in [6.45, 7) is 0. The highest BCUT2D eigenvalue weighted by molar-refractivity contribution is 6.30. The molecule has 6 heteroatoms. The summed E-state index contributed by atoms with van der Waals surface area (Å²) >= 11 is 0. The van der Waals surface area contributed by atoms with Crippen molar-refractivity contribution in [1.29, 1.82) is 0 Å². The lowest BCUT2D eigenvalue weighted by Crippen LogP contribution is -2.01. The van der Waals surface area contributed by atoms with Crippen LogP contribution in [0.25, 0.3) is 111 Å². The van der Waals surface area contributed by atoms with E-state index in [0.29, 0.717) is 17.5 Å². The number of rotatable bonds is 3. The molecule has 236 valence electrons. The van der Waals surface area contributed by atoms with Gasteiger partial charge in [-0.25, -0.2) is 15.0 Å². The first kappa shape index (κ1) is 26.9. The average molecular weight is 652 g/mol. The summed E-state index contributed by atoms with van der Waals surface area (Å²) < 4.78 is 11.5. The van der Waals surface area contributed by atoms with Gasteiger partial charge in [0, 0.05) is 38.2 Å². The van der Waals surface area contributed by atoms with E-state index in [1.807, 2.05) is 36.4 Å². The summed E-state index contributed by atoms with van der Waals surface area (Å²) in [5, 5.41) is 6.87. The molecule has 6 nitrogen and oxygen atoms in total. The Balaban J connectivity index is 1.34. The highest BCUT2D eigenvalue weighted by Crippen LogP contribution is 2.46. The summed E-state index contributed by atoms with van der Waals surface area (Å²) in [6, 6.07) is 52.9. The van der Waals surface area contributed by atoms with E-state index < -0.39 is 0 Å². The van der Waals surface area contributed by atoms with Gasteiger partial charge in [0.25, 0.3) is 0 Å². The molecule has 0 aliphatic heterocycles. The lowest BCUT2D eigenvalue weighted by atomic mass is 10.0. The highest BCUT2D eigenvalue weighted by Gasteiger charge is 2.25. The molecule has 0 spiro atoms. The zero-order valence-corrected chi connectivity index (χ0v) is 27.1. The molecule has 7 aromatic carbocycles. The summed E-state index contributed by atoms with van der Waals surface area (Å²) in [5.41, 5.74) is 11.3. The van der Waals surface area contributed by atoms with Crippen LogP contribution in [0.15, 0.2) is 156 Å². The number of para-hydroxylation sites is 2. The van der Waals surface area contributed by atoms with Crippen LogP contribution >= 0.6 is 0 Å². The van der Waals surface area contributed by atoms with Crippen molar-refractivity contribution in [1.82, 2.24) is 23.8 Å². The fraction of sp³-hybridized carbons (Fsp3) is 0. The number of furan rings is 1. The molecule has 0 atom stereocenters. The second-order valence-electron chi connectivity index (χ2n) is 13.2. The SMILES string of the molecule is c1ccc(-c2nc(-c3ccccc3)nc(-c3ccc4c5c3c3ccccc3n5c3cccc5oc6ccc7c8ccccc8n4c7c6c53)n2)cc1. The summed E-state index contributed by atoms with van der Waals surface area (Å²) in [7, 11) is 0. The van der Waals surface area contributed by atoms with Gasteiger partial charge in [-0.1, -0.05) is 103 Å². The maximum absolute atomic E-state index is 6.61. The summed E-state index contributed by atoms with van der Waals surface area (Å²) in [5.74, 6) is 1.91. The molecular formula is C45H25N5O. The van der Waals surface area contributed by atoms with E-state index in [1.54, 1.807) is 0 Å². The van der Waals surface area contributed by atoms with Gasteiger partial charge in [-0.05, 0) is 48.5 Å². The molecule has 0 saturated carbocycles. The van der Waals surface area contributed by atoms with Crippen molar-refractivity contribution in [3.63, 3.8) is 0 Å². The molecule has 0 unspecified atom stereocenters. The van der Waals surface area contributed by atoms with Gasteiger partial charge in [0.05, 0.1) is 43.9 Å². The van der Waals surface area contributed by atoms with Crippen molar-refractivity contribution in [3.8, 4) is 34.2 Å². The lowest BCUT2D eigenvalue weighted by molar-refractivity contribution is 0.669. The van der Waals surface area contributed by atoms with Crippen LogP contribution < -0.4 is 0 Å². The maximum Gasteiger partial charge on any atom is 0.164 e. The molecule has 0 amide bonds. The van der Waals surface area contributed by atoms with E-state index in [4.69, 9.17) is 19.4 Å². The third-order valence-corrected chi connectivity index (χ3v) is 10.5. The van der Waals surface area contributed by atoms with Crippen LogP contribution in [-0.4, -0.2) is 23.8 Å². The largest absolute Gasteiger partial charge is 0.456 e. The second kappa shape index (κ2) is 9.77. The summed E-state index contributed by atoms with van der Waals surface area (Å²) in [4.78, 5) is 15.4. The Hall–Kier alpha value is -7.05. The van der Waals surface area contributed by atoms with E-state index in [-0.39, 0.29) is 0 Å². The van der Waals surface area contributed by atoms with Gasteiger partial charge in [0.15, 0.2) is 17.5 Å². The Bertz CT molecular complexity index is 3300. The van der Waals surface area contributed by atoms with E-state index in [1.165, 1.54) is 10.8 Å². The predicted octanol–water partition coefficient (Wildman–Crippen LogP) is 11.3. The van der Waals surface area contributed by atoms with E-state index in [0.717, 1.165) is 82.5 Å². The van der Waals surface area contributed by atoms with Crippen molar-refractivity contribution in [2.75, 3.05) is 0 Å². The maximum atomic E-state index is 6.61. The van der Waals surface area contributed by atoms with Crippen LogP contribution in [0.1, 0.15) is 0 Å². The number of aromatic nitrogens is 5. The molecule has 51 heavy (non-hydrogen) atoms. The van der Waals surface area contributed by atoms with Crippen molar-refractivity contribution >= 4 is 76.6 Å².